The standard InChI is InChI=1S/C2H6O2.BO3.3Na/c3-1-2-4;2-1(3)4;;;/h3-4H,1-2H2;;;;/q;-3;3*+1. The van der Waals surface area contributed by atoms with Gasteiger partial charge in [-0.25, -0.2) is 0 Å². The van der Waals surface area contributed by atoms with Crippen LogP contribution in [0.15, 0.2) is 0 Å². The van der Waals surface area contributed by atoms with Gasteiger partial charge in [0.05, 0.1) is 13.2 Å². The van der Waals surface area contributed by atoms with Crippen molar-refractivity contribution < 1.29 is 114 Å². The van der Waals surface area contributed by atoms with Crippen LogP contribution in [0.4, 0.5) is 0 Å². The van der Waals surface area contributed by atoms with Gasteiger partial charge in [0.1, 0.15) is 0 Å². The van der Waals surface area contributed by atoms with Gasteiger partial charge in [-0.3, -0.25) is 7.32 Å². The van der Waals surface area contributed by atoms with Gasteiger partial charge >= 0.3 is 88.7 Å². The topological polar surface area (TPSA) is 110 Å². The van der Waals surface area contributed by atoms with Crippen LogP contribution >= 0.6 is 0 Å². The molecule has 0 amide bonds. The largest absolute Gasteiger partial charge is 1.00 e. The molecule has 0 fully saturated rings. The van der Waals surface area contributed by atoms with E-state index in [2.05, 4.69) is 0 Å². The van der Waals surface area contributed by atoms with Crippen LogP contribution in [0.1, 0.15) is 0 Å². The Bertz CT molecular complexity index is 36.2. The van der Waals surface area contributed by atoms with Crippen molar-refractivity contribution in [3.8, 4) is 0 Å². The Kier molecular flexibility index (Phi) is 77.7. The molecule has 0 atom stereocenters. The van der Waals surface area contributed by atoms with Gasteiger partial charge in [-0.15, -0.1) is 0 Å². The molecule has 0 aromatic heterocycles. The molecule has 0 heterocycles. The van der Waals surface area contributed by atoms with Crippen molar-refractivity contribution in [2.24, 2.45) is 0 Å². The molecule has 0 aliphatic rings. The zero-order valence-corrected chi connectivity index (χ0v) is 13.1. The molecule has 0 rings (SSSR count). The SMILES string of the molecule is OCCO.[Na+].[Na+].[Na+].[O-]B([O-])[O-]. The Morgan fingerprint density at radius 1 is 0.818 bits per heavy atom. The van der Waals surface area contributed by atoms with E-state index in [1.165, 1.54) is 0 Å². The molecule has 11 heavy (non-hydrogen) atoms. The maximum absolute atomic E-state index is 8.42. The molecule has 0 aliphatic carbocycles. The molecule has 0 aromatic carbocycles. The zero-order chi connectivity index (χ0) is 6.99. The van der Waals surface area contributed by atoms with Crippen LogP contribution in [0, 0.1) is 0 Å². The second-order valence-corrected chi connectivity index (χ2v) is 0.736. The summed E-state index contributed by atoms with van der Waals surface area (Å²) in [5, 5.41) is 40.5. The monoisotopic (exact) mass is 190 g/mol. The third-order valence-electron chi connectivity index (χ3n) is 0.1000. The molecule has 0 spiro atoms. The van der Waals surface area contributed by atoms with Gasteiger partial charge in [0.2, 0.25) is 0 Å². The fraction of sp³-hybridized carbons (Fsp3) is 1.00. The van der Waals surface area contributed by atoms with Crippen LogP contribution in [0.5, 0.6) is 0 Å². The van der Waals surface area contributed by atoms with Crippen LogP contribution in [0.3, 0.4) is 0 Å². The second kappa shape index (κ2) is 29.3. The minimum atomic E-state index is -2.92. The van der Waals surface area contributed by atoms with Crippen LogP contribution < -0.4 is 104 Å². The van der Waals surface area contributed by atoms with Crippen LogP contribution in [-0.4, -0.2) is 30.7 Å². The van der Waals surface area contributed by atoms with E-state index in [0.717, 1.165) is 0 Å². The van der Waals surface area contributed by atoms with Crippen molar-refractivity contribution in [1.82, 2.24) is 0 Å². The Morgan fingerprint density at radius 2 is 0.909 bits per heavy atom. The van der Waals surface area contributed by atoms with E-state index in [0.29, 0.717) is 0 Å². The molecule has 0 unspecified atom stereocenters. The van der Waals surface area contributed by atoms with Crippen LogP contribution in [0.25, 0.3) is 0 Å². The zero-order valence-electron chi connectivity index (χ0n) is 7.11. The molecule has 0 saturated heterocycles. The molecule has 50 valence electrons. The minimum absolute atomic E-state index is 0. The van der Waals surface area contributed by atoms with E-state index in [9.17, 15) is 0 Å². The third kappa shape index (κ3) is 102. The van der Waals surface area contributed by atoms with E-state index in [1.54, 1.807) is 0 Å². The number of aliphatic hydroxyl groups is 2. The molecule has 0 bridgehead atoms. The van der Waals surface area contributed by atoms with Gasteiger partial charge in [0.15, 0.2) is 0 Å². The average molecular weight is 190 g/mol. The predicted octanol–water partition coefficient (Wildman–Crippen LogP) is -14.0. The maximum Gasteiger partial charge on any atom is 1.00 e. The molecule has 0 radical (unpaired) electrons. The third-order valence-corrected chi connectivity index (χ3v) is 0.1000. The summed E-state index contributed by atoms with van der Waals surface area (Å²) in [7, 11) is -2.92. The molecule has 0 saturated carbocycles. The van der Waals surface area contributed by atoms with E-state index in [-0.39, 0.29) is 102 Å². The van der Waals surface area contributed by atoms with Crippen molar-refractivity contribution in [2.75, 3.05) is 13.2 Å². The number of hydrogen-bond donors (Lipinski definition) is 2. The summed E-state index contributed by atoms with van der Waals surface area (Å²) < 4.78 is 0. The van der Waals surface area contributed by atoms with E-state index in [4.69, 9.17) is 25.3 Å². The van der Waals surface area contributed by atoms with Gasteiger partial charge in [0.25, 0.3) is 0 Å². The summed E-state index contributed by atoms with van der Waals surface area (Å²) in [6.45, 7) is -0.250. The van der Waals surface area contributed by atoms with Gasteiger partial charge in [-0.1, -0.05) is 0 Å². The van der Waals surface area contributed by atoms with Crippen molar-refractivity contribution in [3.63, 3.8) is 0 Å². The van der Waals surface area contributed by atoms with Crippen molar-refractivity contribution in [1.29, 1.82) is 0 Å². The van der Waals surface area contributed by atoms with E-state index < -0.39 is 7.32 Å². The molecular formula is C2H6BNa3O5. The van der Waals surface area contributed by atoms with Gasteiger partial charge < -0.3 is 25.3 Å². The summed E-state index contributed by atoms with van der Waals surface area (Å²) in [6, 6.07) is 0. The fourth-order valence-electron chi connectivity index (χ4n) is 0. The first-order chi connectivity index (χ1) is 3.65. The van der Waals surface area contributed by atoms with Crippen molar-refractivity contribution in [2.45, 2.75) is 0 Å². The summed E-state index contributed by atoms with van der Waals surface area (Å²) in [6.07, 6.45) is 0. The number of rotatable bonds is 1. The second-order valence-electron chi connectivity index (χ2n) is 0.736. The van der Waals surface area contributed by atoms with Gasteiger partial charge in [0, 0.05) is 0 Å². The average Bonchev–Trinajstić information content (AvgIpc) is 1.65. The minimum Gasteiger partial charge on any atom is -0.907 e. The quantitative estimate of drug-likeness (QED) is 0.399. The molecular weight excluding hydrogens is 184 g/mol. The summed E-state index contributed by atoms with van der Waals surface area (Å²) in [5.41, 5.74) is 0. The smallest absolute Gasteiger partial charge is 0.907 e. The van der Waals surface area contributed by atoms with Crippen LogP contribution in [-0.2, 0) is 0 Å². The van der Waals surface area contributed by atoms with E-state index >= 15 is 0 Å². The summed E-state index contributed by atoms with van der Waals surface area (Å²) >= 11 is 0. The molecule has 5 nitrogen and oxygen atoms in total. The van der Waals surface area contributed by atoms with Crippen molar-refractivity contribution >= 4 is 7.32 Å². The van der Waals surface area contributed by atoms with Gasteiger partial charge in [-0.05, 0) is 0 Å². The Balaban J connectivity index is -0.0000000171. The first kappa shape index (κ1) is 29.2. The summed E-state index contributed by atoms with van der Waals surface area (Å²) in [5.74, 6) is 0. The van der Waals surface area contributed by atoms with Gasteiger partial charge in [-0.2, -0.15) is 0 Å². The fourth-order valence-corrected chi connectivity index (χ4v) is 0. The first-order valence-corrected chi connectivity index (χ1v) is 1.84. The number of hydrogen-bond acceptors (Lipinski definition) is 5. The predicted molar refractivity (Wildman–Crippen MR) is 19.9 cm³/mol. The summed E-state index contributed by atoms with van der Waals surface area (Å²) in [4.78, 5) is 0. The number of aliphatic hydroxyl groups excluding tert-OH is 2. The van der Waals surface area contributed by atoms with Crippen LogP contribution in [0.2, 0.25) is 0 Å². The van der Waals surface area contributed by atoms with Crippen molar-refractivity contribution in [3.05, 3.63) is 0 Å². The Morgan fingerprint density at radius 3 is 0.909 bits per heavy atom. The molecule has 2 N–H and O–H groups in total. The normalized spacial score (nSPS) is 5.18. The Hall–Kier alpha value is 2.86. The Labute approximate surface area is 132 Å². The maximum atomic E-state index is 8.42. The molecule has 9 heteroatoms. The first-order valence-electron chi connectivity index (χ1n) is 1.84. The molecule has 0 aliphatic heterocycles. The molecule has 0 aromatic rings. The van der Waals surface area contributed by atoms with E-state index in [1.807, 2.05) is 0 Å².